The number of hydrogen-bond donors (Lipinski definition) is 2. The number of carbonyl (C=O) groups is 1. The fourth-order valence-electron chi connectivity index (χ4n) is 2.53. The van der Waals surface area contributed by atoms with Crippen LogP contribution < -0.4 is 11.1 Å². The molecule has 1 atom stereocenters. The van der Waals surface area contributed by atoms with Crippen molar-refractivity contribution in [3.05, 3.63) is 35.4 Å². The van der Waals surface area contributed by atoms with Gasteiger partial charge in [0.25, 0.3) is 0 Å². The first-order valence-corrected chi connectivity index (χ1v) is 8.54. The third-order valence-electron chi connectivity index (χ3n) is 3.53. The molecule has 7 heteroatoms. The van der Waals surface area contributed by atoms with Gasteiger partial charge >= 0.3 is 0 Å². The highest BCUT2D eigenvalue weighted by atomic mass is 32.2. The van der Waals surface area contributed by atoms with Crippen molar-refractivity contribution in [3.63, 3.8) is 0 Å². The largest absolute Gasteiger partial charge is 0.352 e. The van der Waals surface area contributed by atoms with Crippen molar-refractivity contribution in [2.24, 2.45) is 5.73 Å². The van der Waals surface area contributed by atoms with Gasteiger partial charge in [0, 0.05) is 32.6 Å². The molecule has 116 valence electrons. The minimum absolute atomic E-state index is 0.0341. The lowest BCUT2D eigenvalue weighted by Gasteiger charge is -2.17. The lowest BCUT2D eigenvalue weighted by atomic mass is 10.1. The molecule has 1 unspecified atom stereocenters. The highest BCUT2D eigenvalue weighted by molar-refractivity contribution is 7.88. The van der Waals surface area contributed by atoms with Crippen LogP contribution in [0.15, 0.2) is 24.3 Å². The fraction of sp³-hybridized carbons (Fsp3) is 0.500. The van der Waals surface area contributed by atoms with Gasteiger partial charge in [-0.05, 0) is 17.5 Å². The van der Waals surface area contributed by atoms with Gasteiger partial charge in [0.05, 0.1) is 5.75 Å². The van der Waals surface area contributed by atoms with Crippen LogP contribution in [0.25, 0.3) is 0 Å². The molecular formula is C14H21N3O3S. The number of hydrogen-bond acceptors (Lipinski definition) is 4. The quantitative estimate of drug-likeness (QED) is 0.811. The van der Waals surface area contributed by atoms with Crippen LogP contribution in [0.4, 0.5) is 0 Å². The van der Waals surface area contributed by atoms with Crippen molar-refractivity contribution >= 4 is 15.9 Å². The number of nitrogens with two attached hydrogens (primary N) is 1. The van der Waals surface area contributed by atoms with E-state index in [1.807, 2.05) is 18.2 Å². The van der Waals surface area contributed by atoms with Crippen LogP contribution in [0.5, 0.6) is 0 Å². The Balaban J connectivity index is 2.03. The first-order chi connectivity index (χ1) is 9.90. The third-order valence-corrected chi connectivity index (χ3v) is 5.34. The normalized spacial score (nSPS) is 19.6. The van der Waals surface area contributed by atoms with Gasteiger partial charge < -0.3 is 11.1 Å². The highest BCUT2D eigenvalue weighted by Gasteiger charge is 2.31. The maximum absolute atomic E-state index is 12.4. The summed E-state index contributed by atoms with van der Waals surface area (Å²) in [5, 5.41) is 2.76. The van der Waals surface area contributed by atoms with Gasteiger partial charge in [-0.25, -0.2) is 8.42 Å². The molecule has 1 heterocycles. The number of nitrogens with zero attached hydrogens (tertiary/aromatic N) is 1. The van der Waals surface area contributed by atoms with E-state index in [4.69, 9.17) is 5.73 Å². The summed E-state index contributed by atoms with van der Waals surface area (Å²) in [7, 11) is -3.37. The van der Waals surface area contributed by atoms with E-state index < -0.39 is 10.0 Å². The summed E-state index contributed by atoms with van der Waals surface area (Å²) in [6.45, 7) is 2.63. The Kier molecular flexibility index (Phi) is 4.97. The number of nitrogens with one attached hydrogen (secondary N) is 1. The molecule has 1 aromatic carbocycles. The molecule has 1 fully saturated rings. The van der Waals surface area contributed by atoms with Gasteiger partial charge in [-0.15, -0.1) is 0 Å². The molecule has 21 heavy (non-hydrogen) atoms. The Morgan fingerprint density at radius 2 is 2.14 bits per heavy atom. The summed E-state index contributed by atoms with van der Waals surface area (Å²) in [5.74, 6) is -0.164. The average Bonchev–Trinajstić information content (AvgIpc) is 2.87. The first kappa shape index (κ1) is 15.9. The Hall–Kier alpha value is -1.44. The zero-order chi connectivity index (χ0) is 15.5. The van der Waals surface area contributed by atoms with Gasteiger partial charge in [0.2, 0.25) is 15.9 Å². The number of amides is 1. The van der Waals surface area contributed by atoms with E-state index in [1.54, 1.807) is 6.07 Å². The average molecular weight is 311 g/mol. The van der Waals surface area contributed by atoms with Gasteiger partial charge in [-0.2, -0.15) is 4.31 Å². The molecule has 3 N–H and O–H groups in total. The van der Waals surface area contributed by atoms with Crippen molar-refractivity contribution in [2.45, 2.75) is 31.7 Å². The number of benzene rings is 1. The third kappa shape index (κ3) is 4.26. The lowest BCUT2D eigenvalue weighted by molar-refractivity contribution is -0.119. The molecule has 0 saturated carbocycles. The van der Waals surface area contributed by atoms with Crippen LogP contribution >= 0.6 is 0 Å². The van der Waals surface area contributed by atoms with E-state index in [0.717, 1.165) is 11.1 Å². The van der Waals surface area contributed by atoms with Crippen LogP contribution in [0, 0.1) is 0 Å². The molecule has 2 rings (SSSR count). The maximum Gasteiger partial charge on any atom is 0.218 e. The summed E-state index contributed by atoms with van der Waals surface area (Å²) in [6, 6.07) is 7.21. The molecule has 1 aliphatic rings. The van der Waals surface area contributed by atoms with Gasteiger partial charge in [0.15, 0.2) is 0 Å². The molecule has 6 nitrogen and oxygen atoms in total. The SMILES string of the molecule is CC(=O)NC1CCN(S(=O)(=O)Cc2cccc(CN)c2)C1. The fourth-order valence-corrected chi connectivity index (χ4v) is 4.11. The van der Waals surface area contributed by atoms with E-state index in [9.17, 15) is 13.2 Å². The molecule has 1 aromatic rings. The molecule has 1 saturated heterocycles. The van der Waals surface area contributed by atoms with E-state index in [1.165, 1.54) is 11.2 Å². The van der Waals surface area contributed by atoms with E-state index in [-0.39, 0.29) is 17.7 Å². The predicted molar refractivity (Wildman–Crippen MR) is 80.8 cm³/mol. The topological polar surface area (TPSA) is 92.5 Å². The first-order valence-electron chi connectivity index (χ1n) is 6.93. The lowest BCUT2D eigenvalue weighted by Crippen LogP contribution is -2.37. The van der Waals surface area contributed by atoms with Crippen LogP contribution in [0.2, 0.25) is 0 Å². The van der Waals surface area contributed by atoms with Crippen molar-refractivity contribution in [2.75, 3.05) is 13.1 Å². The molecule has 0 aromatic heterocycles. The number of sulfonamides is 1. The van der Waals surface area contributed by atoms with Crippen molar-refractivity contribution < 1.29 is 13.2 Å². The summed E-state index contributed by atoms with van der Waals surface area (Å²) in [4.78, 5) is 11.0. The van der Waals surface area contributed by atoms with Crippen LogP contribution in [-0.2, 0) is 27.1 Å². The molecule has 0 spiro atoms. The minimum atomic E-state index is -3.37. The number of rotatable bonds is 5. The minimum Gasteiger partial charge on any atom is -0.352 e. The molecule has 1 amide bonds. The van der Waals surface area contributed by atoms with Gasteiger partial charge in [-0.1, -0.05) is 24.3 Å². The van der Waals surface area contributed by atoms with Gasteiger partial charge in [-0.3, -0.25) is 4.79 Å². The molecular weight excluding hydrogens is 290 g/mol. The second kappa shape index (κ2) is 6.55. The van der Waals surface area contributed by atoms with E-state index >= 15 is 0 Å². The Morgan fingerprint density at radius 3 is 2.81 bits per heavy atom. The standard InChI is InChI=1S/C14H21N3O3S/c1-11(18)16-14-5-6-17(9-14)21(19,20)10-13-4-2-3-12(7-13)8-15/h2-4,7,14H,5-6,8-10,15H2,1H3,(H,16,18). The van der Waals surface area contributed by atoms with E-state index in [2.05, 4.69) is 5.32 Å². The van der Waals surface area contributed by atoms with Gasteiger partial charge in [0.1, 0.15) is 0 Å². The van der Waals surface area contributed by atoms with Crippen LogP contribution in [0.3, 0.4) is 0 Å². The van der Waals surface area contributed by atoms with Crippen molar-refractivity contribution in [1.29, 1.82) is 0 Å². The zero-order valence-corrected chi connectivity index (χ0v) is 12.9. The number of carbonyl (C=O) groups excluding carboxylic acids is 1. The second-order valence-corrected chi connectivity index (χ2v) is 7.29. The van der Waals surface area contributed by atoms with Crippen molar-refractivity contribution in [3.8, 4) is 0 Å². The Labute approximate surface area is 125 Å². The highest BCUT2D eigenvalue weighted by Crippen LogP contribution is 2.18. The smallest absolute Gasteiger partial charge is 0.218 e. The summed E-state index contributed by atoms with van der Waals surface area (Å²) < 4.78 is 26.3. The molecule has 1 aliphatic heterocycles. The monoisotopic (exact) mass is 311 g/mol. The van der Waals surface area contributed by atoms with Crippen molar-refractivity contribution in [1.82, 2.24) is 9.62 Å². The van der Waals surface area contributed by atoms with E-state index in [0.29, 0.717) is 26.1 Å². The van der Waals surface area contributed by atoms with Crippen LogP contribution in [-0.4, -0.2) is 37.8 Å². The second-order valence-electron chi connectivity index (χ2n) is 5.32. The maximum atomic E-state index is 12.4. The zero-order valence-electron chi connectivity index (χ0n) is 12.1. The van der Waals surface area contributed by atoms with Crippen LogP contribution in [0.1, 0.15) is 24.5 Å². The summed E-state index contributed by atoms with van der Waals surface area (Å²) in [6.07, 6.45) is 0.654. The summed E-state index contributed by atoms with van der Waals surface area (Å²) >= 11 is 0. The Bertz CT molecular complexity index is 616. The Morgan fingerprint density at radius 1 is 1.43 bits per heavy atom. The predicted octanol–water partition coefficient (Wildman–Crippen LogP) is 0.186. The molecule has 0 bridgehead atoms. The summed E-state index contributed by atoms with van der Waals surface area (Å²) in [5.41, 5.74) is 7.22. The molecule has 0 aliphatic carbocycles. The molecule has 0 radical (unpaired) electrons.